The Morgan fingerprint density at radius 3 is 2.63 bits per heavy atom. The van der Waals surface area contributed by atoms with E-state index in [2.05, 4.69) is 15.1 Å². The van der Waals surface area contributed by atoms with Gasteiger partial charge in [-0.25, -0.2) is 4.79 Å². The number of hydrazone groups is 1. The summed E-state index contributed by atoms with van der Waals surface area (Å²) in [5.41, 5.74) is -0.950. The molecule has 8 nitrogen and oxygen atoms in total. The monoisotopic (exact) mass is 268 g/mol. The van der Waals surface area contributed by atoms with Crippen LogP contribution in [0.15, 0.2) is 14.7 Å². The van der Waals surface area contributed by atoms with Crippen LogP contribution in [0.5, 0.6) is 5.88 Å². The van der Waals surface area contributed by atoms with Crippen LogP contribution in [0.25, 0.3) is 0 Å². The molecule has 1 aliphatic rings. The molecule has 0 atom stereocenters. The van der Waals surface area contributed by atoms with Crippen molar-refractivity contribution in [3.05, 3.63) is 26.4 Å². The lowest BCUT2D eigenvalue weighted by molar-refractivity contribution is 0.0393. The molecule has 1 aliphatic heterocycles. The molecule has 1 saturated heterocycles. The topological polar surface area (TPSA) is 111 Å². The molecule has 0 amide bonds. The zero-order valence-electron chi connectivity index (χ0n) is 10.6. The Labute approximate surface area is 108 Å². The summed E-state index contributed by atoms with van der Waals surface area (Å²) in [5.74, 6) is -0.456. The van der Waals surface area contributed by atoms with Crippen LogP contribution in [0, 0.1) is 0 Å². The highest BCUT2D eigenvalue weighted by atomic mass is 16.5. The van der Waals surface area contributed by atoms with E-state index in [1.807, 2.05) is 6.92 Å². The summed E-state index contributed by atoms with van der Waals surface area (Å²) in [6, 6.07) is 0. The molecular formula is C11H16N4O4. The number of aromatic hydroxyl groups is 1. The Bertz CT molecular complexity index is 583. The zero-order valence-corrected chi connectivity index (χ0v) is 10.6. The van der Waals surface area contributed by atoms with Gasteiger partial charge in [0.2, 0.25) is 5.88 Å². The lowest BCUT2D eigenvalue weighted by Gasteiger charge is -2.24. The number of aromatic nitrogens is 2. The van der Waals surface area contributed by atoms with Crippen LogP contribution < -0.4 is 11.2 Å². The molecule has 0 radical (unpaired) electrons. The van der Waals surface area contributed by atoms with E-state index in [1.165, 1.54) is 0 Å². The van der Waals surface area contributed by atoms with E-state index in [9.17, 15) is 14.7 Å². The minimum atomic E-state index is -0.743. The fraction of sp³-hybridized carbons (Fsp3) is 0.545. The first-order chi connectivity index (χ1) is 9.11. The van der Waals surface area contributed by atoms with Crippen LogP contribution in [0.2, 0.25) is 0 Å². The van der Waals surface area contributed by atoms with Gasteiger partial charge in [0.25, 0.3) is 5.56 Å². The summed E-state index contributed by atoms with van der Waals surface area (Å²) < 4.78 is 5.21. The smallest absolute Gasteiger partial charge is 0.328 e. The molecule has 1 fully saturated rings. The molecule has 0 bridgehead atoms. The third-order valence-corrected chi connectivity index (χ3v) is 2.80. The van der Waals surface area contributed by atoms with Crippen LogP contribution in [0.3, 0.4) is 0 Å². The highest BCUT2D eigenvalue weighted by Gasteiger charge is 2.16. The van der Waals surface area contributed by atoms with Crippen molar-refractivity contribution in [3.8, 4) is 5.88 Å². The molecule has 104 valence electrons. The quantitative estimate of drug-likeness (QED) is 0.622. The van der Waals surface area contributed by atoms with Crippen molar-refractivity contribution in [2.75, 3.05) is 26.3 Å². The Hall–Kier alpha value is -2.09. The second-order valence-electron chi connectivity index (χ2n) is 4.10. The molecule has 2 heterocycles. The van der Waals surface area contributed by atoms with Crippen molar-refractivity contribution >= 4 is 5.71 Å². The normalized spacial score (nSPS) is 16.7. The van der Waals surface area contributed by atoms with Crippen LogP contribution in [-0.4, -0.2) is 52.1 Å². The third kappa shape index (κ3) is 3.02. The average Bonchev–Trinajstić information content (AvgIpc) is 2.37. The van der Waals surface area contributed by atoms with Gasteiger partial charge in [-0.05, 0) is 6.42 Å². The number of H-pyrrole nitrogens is 2. The van der Waals surface area contributed by atoms with Gasteiger partial charge >= 0.3 is 5.69 Å². The Morgan fingerprint density at radius 2 is 2.05 bits per heavy atom. The number of aromatic amines is 2. The van der Waals surface area contributed by atoms with Gasteiger partial charge in [-0.2, -0.15) is 5.10 Å². The lowest BCUT2D eigenvalue weighted by Crippen LogP contribution is -2.34. The van der Waals surface area contributed by atoms with Crippen LogP contribution in [0.1, 0.15) is 18.9 Å². The molecular weight excluding hydrogens is 252 g/mol. The average molecular weight is 268 g/mol. The first-order valence-corrected chi connectivity index (χ1v) is 6.08. The first kappa shape index (κ1) is 13.3. The fourth-order valence-electron chi connectivity index (χ4n) is 1.86. The van der Waals surface area contributed by atoms with Crippen molar-refractivity contribution in [1.82, 2.24) is 15.0 Å². The van der Waals surface area contributed by atoms with Crippen LogP contribution >= 0.6 is 0 Å². The van der Waals surface area contributed by atoms with Crippen molar-refractivity contribution < 1.29 is 9.84 Å². The van der Waals surface area contributed by atoms with E-state index in [-0.39, 0.29) is 5.56 Å². The maximum atomic E-state index is 11.7. The number of nitrogens with zero attached hydrogens (tertiary/aromatic N) is 2. The number of hydrogen-bond acceptors (Lipinski definition) is 6. The maximum Gasteiger partial charge on any atom is 0.328 e. The molecule has 1 aromatic heterocycles. The number of rotatable bonds is 3. The molecule has 0 aromatic carbocycles. The van der Waals surface area contributed by atoms with Gasteiger partial charge in [-0.15, -0.1) is 0 Å². The molecule has 0 spiro atoms. The van der Waals surface area contributed by atoms with Crippen molar-refractivity contribution in [1.29, 1.82) is 0 Å². The van der Waals surface area contributed by atoms with E-state index < -0.39 is 17.1 Å². The Morgan fingerprint density at radius 1 is 1.37 bits per heavy atom. The predicted molar refractivity (Wildman–Crippen MR) is 68.6 cm³/mol. The minimum absolute atomic E-state index is 0.00796. The molecule has 2 rings (SSSR count). The largest absolute Gasteiger partial charge is 0.494 e. The molecule has 0 saturated carbocycles. The summed E-state index contributed by atoms with van der Waals surface area (Å²) in [5, 5.41) is 15.8. The molecule has 8 heteroatoms. The Kier molecular flexibility index (Phi) is 4.00. The number of hydrogen-bond donors (Lipinski definition) is 3. The van der Waals surface area contributed by atoms with Crippen molar-refractivity contribution in [2.24, 2.45) is 5.10 Å². The third-order valence-electron chi connectivity index (χ3n) is 2.80. The summed E-state index contributed by atoms with van der Waals surface area (Å²) in [6.45, 7) is 4.24. The maximum absolute atomic E-state index is 11.7. The number of morpholine rings is 1. The highest BCUT2D eigenvalue weighted by molar-refractivity contribution is 6.01. The summed E-state index contributed by atoms with van der Waals surface area (Å²) in [4.78, 5) is 27.0. The van der Waals surface area contributed by atoms with Crippen molar-refractivity contribution in [2.45, 2.75) is 13.3 Å². The molecule has 0 unspecified atom stereocenters. The second-order valence-corrected chi connectivity index (χ2v) is 4.10. The van der Waals surface area contributed by atoms with Crippen molar-refractivity contribution in [3.63, 3.8) is 0 Å². The molecule has 1 aromatic rings. The summed E-state index contributed by atoms with van der Waals surface area (Å²) in [7, 11) is 0. The van der Waals surface area contributed by atoms with Gasteiger partial charge < -0.3 is 9.84 Å². The van der Waals surface area contributed by atoms with Gasteiger partial charge in [0.05, 0.1) is 32.0 Å². The van der Waals surface area contributed by atoms with E-state index in [4.69, 9.17) is 4.74 Å². The predicted octanol–water partition coefficient (Wildman–Crippen LogP) is -0.785. The van der Waals surface area contributed by atoms with E-state index in [0.717, 1.165) is 0 Å². The second kappa shape index (κ2) is 5.70. The van der Waals surface area contributed by atoms with Gasteiger partial charge in [0.15, 0.2) is 0 Å². The minimum Gasteiger partial charge on any atom is -0.494 e. The highest BCUT2D eigenvalue weighted by Crippen LogP contribution is 2.11. The van der Waals surface area contributed by atoms with Crippen LogP contribution in [0.4, 0.5) is 0 Å². The van der Waals surface area contributed by atoms with E-state index in [1.54, 1.807) is 5.01 Å². The molecule has 3 N–H and O–H groups in total. The lowest BCUT2D eigenvalue weighted by atomic mass is 10.1. The van der Waals surface area contributed by atoms with Crippen LogP contribution in [-0.2, 0) is 4.74 Å². The number of ether oxygens (including phenoxy) is 1. The first-order valence-electron chi connectivity index (χ1n) is 6.08. The van der Waals surface area contributed by atoms with E-state index >= 15 is 0 Å². The fourth-order valence-corrected chi connectivity index (χ4v) is 1.86. The molecule has 0 aliphatic carbocycles. The summed E-state index contributed by atoms with van der Waals surface area (Å²) in [6.07, 6.45) is 0.458. The van der Waals surface area contributed by atoms with E-state index in [0.29, 0.717) is 38.4 Å². The SMILES string of the molecule is CC/C(=N\N1CCOCC1)c1c(O)[nH]c(=O)[nH]c1=O. The number of nitrogens with one attached hydrogen (secondary N) is 2. The van der Waals surface area contributed by atoms with Gasteiger partial charge in [0, 0.05) is 0 Å². The zero-order chi connectivity index (χ0) is 13.8. The summed E-state index contributed by atoms with van der Waals surface area (Å²) >= 11 is 0. The van der Waals surface area contributed by atoms with Gasteiger partial charge in [-0.1, -0.05) is 6.92 Å². The Balaban J connectivity index is 2.39. The standard InChI is InChI=1S/C11H16N4O4/c1-2-7(14-15-3-5-19-6-4-15)8-9(16)12-11(18)13-10(8)17/h2-6H2,1H3,(H3,12,13,16,17,18)/b14-7+. The van der Waals surface area contributed by atoms with Gasteiger partial charge in [0.1, 0.15) is 5.56 Å². The molecule has 19 heavy (non-hydrogen) atoms. The van der Waals surface area contributed by atoms with Gasteiger partial charge in [-0.3, -0.25) is 19.8 Å².